The molecule has 5 rings (SSSR count). The summed E-state index contributed by atoms with van der Waals surface area (Å²) in [6, 6.07) is 20.9. The lowest BCUT2D eigenvalue weighted by Crippen LogP contribution is -2.09. The lowest BCUT2D eigenvalue weighted by Gasteiger charge is -2.23. The van der Waals surface area contributed by atoms with Crippen LogP contribution in [0.25, 0.3) is 33.8 Å². The molecule has 4 nitrogen and oxygen atoms in total. The first-order valence-corrected chi connectivity index (χ1v) is 8.39. The van der Waals surface area contributed by atoms with Gasteiger partial charge in [-0.2, -0.15) is 0 Å². The fourth-order valence-corrected chi connectivity index (χ4v) is 3.33. The highest BCUT2D eigenvalue weighted by Crippen LogP contribution is 2.42. The van der Waals surface area contributed by atoms with Crippen molar-refractivity contribution in [2.45, 2.75) is 6.61 Å². The minimum absolute atomic E-state index is 0.240. The molecule has 0 aliphatic carbocycles. The molecular weight excluding hydrogens is 326 g/mol. The maximum atomic E-state index is 9.62. The second kappa shape index (κ2) is 5.77. The predicted octanol–water partition coefficient (Wildman–Crippen LogP) is 5.27. The summed E-state index contributed by atoms with van der Waals surface area (Å²) < 4.78 is 11.5. The number of hydrogen-bond donors (Lipinski definition) is 1. The Hall–Kier alpha value is -3.53. The van der Waals surface area contributed by atoms with E-state index in [1.54, 1.807) is 18.4 Å². The van der Waals surface area contributed by atoms with Crippen molar-refractivity contribution in [2.75, 3.05) is 0 Å². The van der Waals surface area contributed by atoms with Gasteiger partial charge in [0.2, 0.25) is 0 Å². The first-order valence-electron chi connectivity index (χ1n) is 8.39. The first-order chi connectivity index (χ1) is 12.8. The SMILES string of the molecule is Oc1ccc(-c2cc(-c3ccco3)nc3c2COc2ccccc2-3)cc1. The van der Waals surface area contributed by atoms with Gasteiger partial charge in [0.05, 0.1) is 12.0 Å². The van der Waals surface area contributed by atoms with E-state index in [1.807, 2.05) is 54.6 Å². The van der Waals surface area contributed by atoms with Crippen molar-refractivity contribution in [1.82, 2.24) is 4.98 Å². The van der Waals surface area contributed by atoms with Crippen LogP contribution in [0.5, 0.6) is 11.5 Å². The molecule has 4 aromatic rings. The van der Waals surface area contributed by atoms with E-state index in [0.717, 1.165) is 45.2 Å². The van der Waals surface area contributed by atoms with Gasteiger partial charge in [-0.1, -0.05) is 24.3 Å². The number of benzene rings is 2. The lowest BCUT2D eigenvalue weighted by molar-refractivity contribution is 0.302. The summed E-state index contributed by atoms with van der Waals surface area (Å²) in [6.07, 6.45) is 1.65. The van der Waals surface area contributed by atoms with Gasteiger partial charge in [0.15, 0.2) is 5.76 Å². The zero-order chi connectivity index (χ0) is 17.5. The third-order valence-corrected chi connectivity index (χ3v) is 4.59. The number of phenolic OH excluding ortho intramolecular Hbond substituents is 1. The number of aromatic nitrogens is 1. The molecule has 1 N–H and O–H groups in total. The third-order valence-electron chi connectivity index (χ3n) is 4.59. The number of hydrogen-bond acceptors (Lipinski definition) is 4. The largest absolute Gasteiger partial charge is 0.508 e. The van der Waals surface area contributed by atoms with Gasteiger partial charge in [-0.25, -0.2) is 4.98 Å². The van der Waals surface area contributed by atoms with E-state index in [9.17, 15) is 5.11 Å². The Morgan fingerprint density at radius 3 is 2.54 bits per heavy atom. The van der Waals surface area contributed by atoms with Crippen LogP contribution in [-0.4, -0.2) is 10.1 Å². The van der Waals surface area contributed by atoms with E-state index < -0.39 is 0 Å². The Kier molecular flexibility index (Phi) is 3.28. The van der Waals surface area contributed by atoms with Crippen molar-refractivity contribution in [3.05, 3.63) is 78.6 Å². The van der Waals surface area contributed by atoms with Crippen LogP contribution in [0.1, 0.15) is 5.56 Å². The number of rotatable bonds is 2. The highest BCUT2D eigenvalue weighted by Gasteiger charge is 2.23. The molecule has 2 aromatic heterocycles. The van der Waals surface area contributed by atoms with E-state index in [-0.39, 0.29) is 5.75 Å². The van der Waals surface area contributed by atoms with Crippen molar-refractivity contribution < 1.29 is 14.3 Å². The van der Waals surface area contributed by atoms with Gasteiger partial charge in [0.25, 0.3) is 0 Å². The monoisotopic (exact) mass is 341 g/mol. The van der Waals surface area contributed by atoms with Gasteiger partial charge in [0.1, 0.15) is 23.8 Å². The van der Waals surface area contributed by atoms with Crippen molar-refractivity contribution in [3.8, 4) is 45.3 Å². The molecular formula is C22H15NO3. The zero-order valence-electron chi connectivity index (χ0n) is 13.8. The minimum Gasteiger partial charge on any atom is -0.508 e. The van der Waals surface area contributed by atoms with Crippen LogP contribution in [-0.2, 0) is 6.61 Å². The standard InChI is InChI=1S/C22H15NO3/c24-15-9-7-14(8-10-15)17-12-19(21-6-3-11-25-21)23-22-16-4-1-2-5-20(16)26-13-18(17)22/h1-12,24H,13H2. The van der Waals surface area contributed by atoms with Crippen LogP contribution in [0.15, 0.2) is 77.4 Å². The maximum Gasteiger partial charge on any atom is 0.152 e. The van der Waals surface area contributed by atoms with Gasteiger partial charge in [0, 0.05) is 11.1 Å². The average Bonchev–Trinajstić information content (AvgIpc) is 3.22. The molecule has 0 bridgehead atoms. The van der Waals surface area contributed by atoms with E-state index in [4.69, 9.17) is 14.1 Å². The molecule has 0 unspecified atom stereocenters. The summed E-state index contributed by atoms with van der Waals surface area (Å²) in [5, 5.41) is 9.62. The minimum atomic E-state index is 0.240. The molecule has 0 fully saturated rings. The molecule has 0 amide bonds. The normalized spacial score (nSPS) is 12.2. The summed E-state index contributed by atoms with van der Waals surface area (Å²) in [7, 11) is 0. The first kappa shape index (κ1) is 14.8. The van der Waals surface area contributed by atoms with Crippen LogP contribution in [0.4, 0.5) is 0 Å². The van der Waals surface area contributed by atoms with Gasteiger partial charge < -0.3 is 14.3 Å². The Bertz CT molecular complexity index is 1080. The smallest absolute Gasteiger partial charge is 0.152 e. The fraction of sp³-hybridized carbons (Fsp3) is 0.0455. The Morgan fingerprint density at radius 1 is 0.885 bits per heavy atom. The summed E-state index contributed by atoms with van der Waals surface area (Å²) in [5.74, 6) is 1.79. The Labute approximate surface area is 150 Å². The van der Waals surface area contributed by atoms with Gasteiger partial charge in [-0.3, -0.25) is 0 Å². The van der Waals surface area contributed by atoms with Gasteiger partial charge >= 0.3 is 0 Å². The van der Waals surface area contributed by atoms with E-state index in [2.05, 4.69) is 0 Å². The molecule has 0 radical (unpaired) electrons. The summed E-state index contributed by atoms with van der Waals surface area (Å²) >= 11 is 0. The number of ether oxygens (including phenoxy) is 1. The number of fused-ring (bicyclic) bond motifs is 3. The molecule has 2 aromatic carbocycles. The Morgan fingerprint density at radius 2 is 1.73 bits per heavy atom. The molecule has 4 heteroatoms. The van der Waals surface area contributed by atoms with E-state index in [0.29, 0.717) is 6.61 Å². The van der Waals surface area contributed by atoms with E-state index in [1.165, 1.54) is 0 Å². The highest BCUT2D eigenvalue weighted by atomic mass is 16.5. The van der Waals surface area contributed by atoms with Crippen molar-refractivity contribution in [3.63, 3.8) is 0 Å². The van der Waals surface area contributed by atoms with Crippen LogP contribution < -0.4 is 4.74 Å². The van der Waals surface area contributed by atoms with Crippen molar-refractivity contribution in [2.24, 2.45) is 0 Å². The average molecular weight is 341 g/mol. The Balaban J connectivity index is 1.80. The van der Waals surface area contributed by atoms with E-state index >= 15 is 0 Å². The van der Waals surface area contributed by atoms with Crippen molar-refractivity contribution >= 4 is 0 Å². The number of furan rings is 1. The van der Waals surface area contributed by atoms with Crippen LogP contribution in [0.2, 0.25) is 0 Å². The number of pyridine rings is 1. The summed E-state index contributed by atoms with van der Waals surface area (Å²) in [6.45, 7) is 0.452. The number of aromatic hydroxyl groups is 1. The van der Waals surface area contributed by atoms with Gasteiger partial charge in [-0.15, -0.1) is 0 Å². The number of nitrogens with zero attached hydrogens (tertiary/aromatic N) is 1. The number of para-hydroxylation sites is 1. The summed E-state index contributed by atoms with van der Waals surface area (Å²) in [5.41, 5.74) is 5.71. The van der Waals surface area contributed by atoms with Gasteiger partial charge in [-0.05, 0) is 53.6 Å². The van der Waals surface area contributed by atoms with Crippen LogP contribution in [0, 0.1) is 0 Å². The molecule has 1 aliphatic rings. The quantitative estimate of drug-likeness (QED) is 0.539. The third kappa shape index (κ3) is 2.35. The molecule has 26 heavy (non-hydrogen) atoms. The summed E-state index contributed by atoms with van der Waals surface area (Å²) in [4.78, 5) is 4.88. The van der Waals surface area contributed by atoms with Crippen molar-refractivity contribution in [1.29, 1.82) is 0 Å². The molecule has 0 spiro atoms. The predicted molar refractivity (Wildman–Crippen MR) is 98.8 cm³/mol. The fourth-order valence-electron chi connectivity index (χ4n) is 3.33. The zero-order valence-corrected chi connectivity index (χ0v) is 13.8. The molecule has 3 heterocycles. The molecule has 126 valence electrons. The van der Waals surface area contributed by atoms with Crippen LogP contribution >= 0.6 is 0 Å². The molecule has 0 atom stereocenters. The number of phenols is 1. The molecule has 0 saturated carbocycles. The van der Waals surface area contributed by atoms with Crippen LogP contribution in [0.3, 0.4) is 0 Å². The molecule has 0 saturated heterocycles. The highest BCUT2D eigenvalue weighted by molar-refractivity contribution is 5.83. The topological polar surface area (TPSA) is 55.5 Å². The maximum absolute atomic E-state index is 9.62. The lowest BCUT2D eigenvalue weighted by atomic mass is 9.93. The second-order valence-electron chi connectivity index (χ2n) is 6.19. The molecule has 1 aliphatic heterocycles. The second-order valence-corrected chi connectivity index (χ2v) is 6.19.